The zero-order valence-electron chi connectivity index (χ0n) is 16.0. The van der Waals surface area contributed by atoms with Crippen LogP contribution in [0.1, 0.15) is 34.8 Å². The highest BCUT2D eigenvalue weighted by atomic mass is 35.5. The van der Waals surface area contributed by atoms with Gasteiger partial charge >= 0.3 is 5.97 Å². The number of carbonyl (C=O) groups excluding carboxylic acids is 1. The summed E-state index contributed by atoms with van der Waals surface area (Å²) in [5, 5.41) is 10.7. The summed E-state index contributed by atoms with van der Waals surface area (Å²) in [4.78, 5) is 26.7. The van der Waals surface area contributed by atoms with E-state index in [0.717, 1.165) is 16.7 Å². The highest BCUT2D eigenvalue weighted by molar-refractivity contribution is 6.33. The third-order valence-corrected chi connectivity index (χ3v) is 6.13. The quantitative estimate of drug-likeness (QED) is 0.534. The fraction of sp³-hybridized carbons (Fsp3) is 0.167. The molecular formula is C24H19Cl2NO3. The maximum absolute atomic E-state index is 13.4. The van der Waals surface area contributed by atoms with Crippen molar-refractivity contribution in [3.63, 3.8) is 0 Å². The number of carboxylic acids is 1. The zero-order chi connectivity index (χ0) is 21.3. The fourth-order valence-corrected chi connectivity index (χ4v) is 4.59. The van der Waals surface area contributed by atoms with Gasteiger partial charge in [0.25, 0.3) is 5.91 Å². The van der Waals surface area contributed by atoms with Gasteiger partial charge in [-0.15, -0.1) is 0 Å². The van der Waals surface area contributed by atoms with Gasteiger partial charge in [-0.25, -0.2) is 4.79 Å². The van der Waals surface area contributed by atoms with E-state index < -0.39 is 18.1 Å². The van der Waals surface area contributed by atoms with Gasteiger partial charge in [-0.1, -0.05) is 77.8 Å². The lowest BCUT2D eigenvalue weighted by atomic mass is 10.0. The van der Waals surface area contributed by atoms with Gasteiger partial charge in [0.15, 0.2) is 0 Å². The summed E-state index contributed by atoms with van der Waals surface area (Å²) < 4.78 is 0. The molecule has 0 aliphatic carbocycles. The van der Waals surface area contributed by atoms with Gasteiger partial charge in [0, 0.05) is 21.2 Å². The summed E-state index contributed by atoms with van der Waals surface area (Å²) >= 11 is 12.8. The van der Waals surface area contributed by atoms with E-state index in [9.17, 15) is 14.7 Å². The van der Waals surface area contributed by atoms with Crippen molar-refractivity contribution in [3.8, 4) is 11.1 Å². The highest BCUT2D eigenvalue weighted by Gasteiger charge is 2.42. The molecule has 3 aromatic rings. The Labute approximate surface area is 184 Å². The van der Waals surface area contributed by atoms with Gasteiger partial charge in [-0.3, -0.25) is 4.79 Å². The van der Waals surface area contributed by atoms with Crippen LogP contribution in [0.3, 0.4) is 0 Å². The number of hydrogen-bond acceptors (Lipinski definition) is 2. The molecule has 0 bridgehead atoms. The van der Waals surface area contributed by atoms with E-state index in [-0.39, 0.29) is 5.91 Å². The fourth-order valence-electron chi connectivity index (χ4n) is 4.04. The molecule has 6 heteroatoms. The van der Waals surface area contributed by atoms with Gasteiger partial charge in [0.2, 0.25) is 0 Å². The highest BCUT2D eigenvalue weighted by Crippen LogP contribution is 2.40. The third-order valence-electron chi connectivity index (χ3n) is 5.47. The topological polar surface area (TPSA) is 57.6 Å². The second-order valence-electron chi connectivity index (χ2n) is 7.24. The number of rotatable bonds is 4. The van der Waals surface area contributed by atoms with E-state index in [4.69, 9.17) is 23.2 Å². The maximum atomic E-state index is 13.4. The SMILES string of the molecule is O=C(O)C1CCC(c2ccccc2Cl)N1C(=O)c1ccc(-c2ccccc2)c(Cl)c1. The van der Waals surface area contributed by atoms with Crippen LogP contribution in [0.5, 0.6) is 0 Å². The number of nitrogens with zero attached hydrogens (tertiary/aromatic N) is 1. The van der Waals surface area contributed by atoms with E-state index in [1.54, 1.807) is 24.3 Å². The molecule has 0 saturated carbocycles. The molecule has 3 aromatic carbocycles. The average molecular weight is 440 g/mol. The number of carbonyl (C=O) groups is 2. The van der Waals surface area contributed by atoms with Crippen LogP contribution >= 0.6 is 23.2 Å². The molecule has 4 rings (SSSR count). The number of halogens is 2. The summed E-state index contributed by atoms with van der Waals surface area (Å²) in [5.41, 5.74) is 2.86. The van der Waals surface area contributed by atoms with E-state index in [1.807, 2.05) is 48.5 Å². The molecule has 1 N–H and O–H groups in total. The Kier molecular flexibility index (Phi) is 5.80. The van der Waals surface area contributed by atoms with Crippen LogP contribution in [0.15, 0.2) is 72.8 Å². The molecule has 1 fully saturated rings. The lowest BCUT2D eigenvalue weighted by Crippen LogP contribution is -2.41. The molecule has 0 radical (unpaired) electrons. The van der Waals surface area contributed by atoms with Crippen molar-refractivity contribution in [1.82, 2.24) is 4.90 Å². The summed E-state index contributed by atoms with van der Waals surface area (Å²) in [6, 6.07) is 20.6. The lowest BCUT2D eigenvalue weighted by molar-refractivity contribution is -0.141. The van der Waals surface area contributed by atoms with Crippen LogP contribution in [-0.4, -0.2) is 27.9 Å². The Bertz CT molecular complexity index is 1100. The molecule has 1 saturated heterocycles. The van der Waals surface area contributed by atoms with Crippen molar-refractivity contribution in [3.05, 3.63) is 94.0 Å². The van der Waals surface area contributed by atoms with Gasteiger partial charge in [-0.2, -0.15) is 0 Å². The number of benzene rings is 3. The number of likely N-dealkylation sites (tertiary alicyclic amines) is 1. The monoisotopic (exact) mass is 439 g/mol. The van der Waals surface area contributed by atoms with E-state index in [0.29, 0.717) is 28.5 Å². The van der Waals surface area contributed by atoms with Crippen LogP contribution in [0.25, 0.3) is 11.1 Å². The van der Waals surface area contributed by atoms with Gasteiger partial charge < -0.3 is 10.0 Å². The molecule has 0 spiro atoms. The Balaban J connectivity index is 1.71. The van der Waals surface area contributed by atoms with Gasteiger partial charge in [0.1, 0.15) is 6.04 Å². The summed E-state index contributed by atoms with van der Waals surface area (Å²) in [7, 11) is 0. The van der Waals surface area contributed by atoms with Crippen LogP contribution < -0.4 is 0 Å². The first-order valence-electron chi connectivity index (χ1n) is 9.62. The second-order valence-corrected chi connectivity index (χ2v) is 8.06. The van der Waals surface area contributed by atoms with Crippen molar-refractivity contribution in [2.24, 2.45) is 0 Å². The molecule has 2 unspecified atom stereocenters. The molecular weight excluding hydrogens is 421 g/mol. The molecule has 4 nitrogen and oxygen atoms in total. The largest absolute Gasteiger partial charge is 0.480 e. The number of hydrogen-bond donors (Lipinski definition) is 1. The second kappa shape index (κ2) is 8.50. The minimum Gasteiger partial charge on any atom is -0.480 e. The van der Waals surface area contributed by atoms with Crippen molar-refractivity contribution in [2.45, 2.75) is 24.9 Å². The van der Waals surface area contributed by atoms with Crippen molar-refractivity contribution in [2.75, 3.05) is 0 Å². The molecule has 1 aliphatic heterocycles. The summed E-state index contributed by atoms with van der Waals surface area (Å²) in [6.07, 6.45) is 0.898. The number of aliphatic carboxylic acids is 1. The van der Waals surface area contributed by atoms with Crippen LogP contribution in [0, 0.1) is 0 Å². The average Bonchev–Trinajstić information content (AvgIpc) is 3.19. The van der Waals surface area contributed by atoms with Crippen LogP contribution in [0.4, 0.5) is 0 Å². The van der Waals surface area contributed by atoms with E-state index in [1.165, 1.54) is 4.90 Å². The van der Waals surface area contributed by atoms with Crippen LogP contribution in [0.2, 0.25) is 10.0 Å². The normalized spacial score (nSPS) is 18.4. The molecule has 152 valence electrons. The summed E-state index contributed by atoms with van der Waals surface area (Å²) in [6.45, 7) is 0. The van der Waals surface area contributed by atoms with E-state index in [2.05, 4.69) is 0 Å². The predicted molar refractivity (Wildman–Crippen MR) is 118 cm³/mol. The predicted octanol–water partition coefficient (Wildman–Crippen LogP) is 6.09. The minimum atomic E-state index is -1.02. The van der Waals surface area contributed by atoms with Gasteiger partial charge in [-0.05, 0) is 42.2 Å². The maximum Gasteiger partial charge on any atom is 0.326 e. The Hall–Kier alpha value is -2.82. The smallest absolute Gasteiger partial charge is 0.326 e. The molecule has 1 aliphatic rings. The van der Waals surface area contributed by atoms with Crippen molar-refractivity contribution < 1.29 is 14.7 Å². The number of amides is 1. The zero-order valence-corrected chi connectivity index (χ0v) is 17.5. The molecule has 0 aromatic heterocycles. The van der Waals surface area contributed by atoms with Crippen LogP contribution in [-0.2, 0) is 4.79 Å². The Morgan fingerprint density at radius 2 is 1.57 bits per heavy atom. The first kappa shape index (κ1) is 20.5. The third kappa shape index (κ3) is 3.81. The molecule has 30 heavy (non-hydrogen) atoms. The summed E-state index contributed by atoms with van der Waals surface area (Å²) in [5.74, 6) is -1.39. The Morgan fingerprint density at radius 1 is 0.867 bits per heavy atom. The lowest BCUT2D eigenvalue weighted by Gasteiger charge is -2.29. The minimum absolute atomic E-state index is 0.352. The van der Waals surface area contributed by atoms with E-state index >= 15 is 0 Å². The standard InChI is InChI=1S/C24H19Cl2NO3/c25-19-9-5-4-8-18(19)21-12-13-22(24(29)30)27(21)23(28)16-10-11-17(20(26)14-16)15-6-2-1-3-7-15/h1-11,14,21-22H,12-13H2,(H,29,30). The Morgan fingerprint density at radius 3 is 2.23 bits per heavy atom. The first-order valence-corrected chi connectivity index (χ1v) is 10.4. The van der Waals surface area contributed by atoms with Gasteiger partial charge in [0.05, 0.1) is 6.04 Å². The van der Waals surface area contributed by atoms with Crippen molar-refractivity contribution >= 4 is 35.1 Å². The molecule has 2 atom stereocenters. The first-order chi connectivity index (χ1) is 14.5. The molecule has 1 heterocycles. The molecule has 1 amide bonds. The number of carboxylic acid groups (broad SMARTS) is 1. The van der Waals surface area contributed by atoms with Crippen molar-refractivity contribution in [1.29, 1.82) is 0 Å².